The van der Waals surface area contributed by atoms with Crippen LogP contribution in [0.15, 0.2) is 6.20 Å². The lowest BCUT2D eigenvalue weighted by Crippen LogP contribution is -2.49. The van der Waals surface area contributed by atoms with Gasteiger partial charge in [-0.1, -0.05) is 0 Å². The van der Waals surface area contributed by atoms with Crippen LogP contribution in [-0.4, -0.2) is 51.5 Å². The normalized spacial score (nSPS) is 21.9. The van der Waals surface area contributed by atoms with E-state index in [1.807, 2.05) is 27.7 Å². The molecule has 2 aromatic rings. The molecule has 1 saturated carbocycles. The molecule has 0 radical (unpaired) electrons. The van der Waals surface area contributed by atoms with Crippen molar-refractivity contribution in [3.05, 3.63) is 17.5 Å². The van der Waals surface area contributed by atoms with Gasteiger partial charge in [0.05, 0.1) is 29.1 Å². The highest BCUT2D eigenvalue weighted by Crippen LogP contribution is 2.53. The molecule has 3 aliphatic rings. The topological polar surface area (TPSA) is 85.4 Å². The molecule has 2 aromatic heterocycles. The molecule has 2 aliphatic heterocycles. The van der Waals surface area contributed by atoms with E-state index in [9.17, 15) is 18.4 Å². The van der Waals surface area contributed by atoms with Gasteiger partial charge >= 0.3 is 13.4 Å². The molecule has 2 fully saturated rings. The molecule has 1 saturated heterocycles. The molecule has 1 spiro atoms. The molecule has 1 aliphatic carbocycles. The largest absolute Gasteiger partial charge is 0.498 e. The van der Waals surface area contributed by atoms with Crippen LogP contribution in [0.4, 0.5) is 19.0 Å². The third-order valence-corrected chi connectivity index (χ3v) is 7.27. The van der Waals surface area contributed by atoms with E-state index in [-0.39, 0.29) is 34.3 Å². The van der Waals surface area contributed by atoms with Crippen LogP contribution in [0.5, 0.6) is 5.75 Å². The van der Waals surface area contributed by atoms with E-state index in [0.29, 0.717) is 29.6 Å². The molecule has 12 heteroatoms. The van der Waals surface area contributed by atoms with Crippen LogP contribution in [0.3, 0.4) is 0 Å². The molecule has 0 unspecified atom stereocenters. The fourth-order valence-electron chi connectivity index (χ4n) is 4.47. The fraction of sp³-hybridized carbons (Fsp3) is 0.591. The van der Waals surface area contributed by atoms with Crippen molar-refractivity contribution >= 4 is 18.4 Å². The molecule has 0 aromatic carbocycles. The van der Waals surface area contributed by atoms with E-state index in [2.05, 4.69) is 16.2 Å². The molecule has 180 valence electrons. The molecular formula is C22H25BF3N5O3. The van der Waals surface area contributed by atoms with E-state index in [1.54, 1.807) is 24.9 Å². The maximum absolute atomic E-state index is 13.9. The van der Waals surface area contributed by atoms with Gasteiger partial charge in [0.15, 0.2) is 11.6 Å². The van der Waals surface area contributed by atoms with Gasteiger partial charge in [-0.3, -0.25) is 9.58 Å². The van der Waals surface area contributed by atoms with Crippen molar-refractivity contribution in [3.63, 3.8) is 0 Å². The molecule has 0 N–H and O–H groups in total. The second-order valence-electron chi connectivity index (χ2n) is 10.2. The van der Waals surface area contributed by atoms with Crippen LogP contribution in [0.1, 0.15) is 51.8 Å². The Morgan fingerprint density at radius 2 is 1.76 bits per heavy atom. The number of rotatable bonds is 2. The maximum Gasteiger partial charge on any atom is 0.498 e. The van der Waals surface area contributed by atoms with Gasteiger partial charge in [0.25, 0.3) is 0 Å². The van der Waals surface area contributed by atoms with Crippen molar-refractivity contribution in [3.8, 4) is 23.1 Å². The van der Waals surface area contributed by atoms with Gasteiger partial charge in [0.1, 0.15) is 17.2 Å². The summed E-state index contributed by atoms with van der Waals surface area (Å²) in [6.07, 6.45) is -2.10. The Balaban J connectivity index is 1.70. The molecule has 4 heterocycles. The highest BCUT2D eigenvalue weighted by molar-refractivity contribution is 6.63. The lowest BCUT2D eigenvalue weighted by Gasteiger charge is -2.37. The summed E-state index contributed by atoms with van der Waals surface area (Å²) in [5, 5.41) is 14.5. The number of pyridine rings is 1. The SMILES string of the molecule is Cc1nc2c(c(C#N)c1-c1c(B3OC(C)(C)C(C)(C)O3)cnn1C)OC1(CC1)CN2C(F)(F)F. The number of anilines is 1. The van der Waals surface area contributed by atoms with Crippen molar-refractivity contribution < 1.29 is 27.2 Å². The van der Waals surface area contributed by atoms with Crippen molar-refractivity contribution in [1.82, 2.24) is 14.8 Å². The Morgan fingerprint density at radius 1 is 1.15 bits per heavy atom. The Hall–Kier alpha value is -2.78. The predicted molar refractivity (Wildman–Crippen MR) is 118 cm³/mol. The average Bonchev–Trinajstić information content (AvgIpc) is 3.28. The smallest absolute Gasteiger partial charge is 0.480 e. The van der Waals surface area contributed by atoms with E-state index < -0.39 is 30.2 Å². The Kier molecular flexibility index (Phi) is 4.66. The van der Waals surface area contributed by atoms with Gasteiger partial charge in [-0.2, -0.15) is 23.5 Å². The number of nitrogens with zero attached hydrogens (tertiary/aromatic N) is 5. The monoisotopic (exact) mass is 475 g/mol. The average molecular weight is 475 g/mol. The van der Waals surface area contributed by atoms with Crippen molar-refractivity contribution in [2.45, 2.75) is 70.6 Å². The van der Waals surface area contributed by atoms with E-state index in [4.69, 9.17) is 14.0 Å². The van der Waals surface area contributed by atoms with Crippen LogP contribution < -0.4 is 15.1 Å². The van der Waals surface area contributed by atoms with Gasteiger partial charge < -0.3 is 14.0 Å². The number of halogens is 3. The third kappa shape index (κ3) is 3.28. The second kappa shape index (κ2) is 6.89. The fourth-order valence-corrected chi connectivity index (χ4v) is 4.47. The molecule has 5 rings (SSSR count). The summed E-state index contributed by atoms with van der Waals surface area (Å²) in [5.74, 6) is -0.535. The van der Waals surface area contributed by atoms with Crippen LogP contribution >= 0.6 is 0 Å². The Labute approximate surface area is 195 Å². The van der Waals surface area contributed by atoms with Gasteiger partial charge in [-0.05, 0) is 47.5 Å². The first kappa shape index (κ1) is 23.0. The summed E-state index contributed by atoms with van der Waals surface area (Å²) in [6, 6.07) is 2.09. The van der Waals surface area contributed by atoms with Crippen LogP contribution in [0, 0.1) is 18.3 Å². The molecule has 0 bridgehead atoms. The van der Waals surface area contributed by atoms with Crippen molar-refractivity contribution in [2.75, 3.05) is 11.4 Å². The number of nitriles is 1. The summed E-state index contributed by atoms with van der Waals surface area (Å²) in [7, 11) is 0.910. The van der Waals surface area contributed by atoms with E-state index in [0.717, 1.165) is 0 Å². The standard InChI is InChI=1S/C22H25BF3N5O3/c1-12-15(16-14(10-28-30(16)6)23-33-19(2,3)20(4,5)34-23)13(9-27)17-18(29-12)31(22(24,25)26)11-21(32-17)7-8-21/h10H,7-8,11H2,1-6H3. The van der Waals surface area contributed by atoms with E-state index >= 15 is 0 Å². The number of ether oxygens (including phenoxy) is 1. The number of fused-ring (bicyclic) bond motifs is 1. The molecule has 34 heavy (non-hydrogen) atoms. The summed E-state index contributed by atoms with van der Waals surface area (Å²) >= 11 is 0. The van der Waals surface area contributed by atoms with Gasteiger partial charge in [-0.15, -0.1) is 0 Å². The number of hydrogen-bond donors (Lipinski definition) is 0. The first-order chi connectivity index (χ1) is 15.7. The zero-order valence-electron chi connectivity index (χ0n) is 19.9. The first-order valence-electron chi connectivity index (χ1n) is 11.1. The van der Waals surface area contributed by atoms with Crippen molar-refractivity contribution in [1.29, 1.82) is 5.26 Å². The van der Waals surface area contributed by atoms with Crippen LogP contribution in [0.2, 0.25) is 0 Å². The van der Waals surface area contributed by atoms with E-state index in [1.165, 1.54) is 0 Å². The van der Waals surface area contributed by atoms with Gasteiger partial charge in [-0.25, -0.2) is 4.98 Å². The Bertz CT molecular complexity index is 1210. The highest BCUT2D eigenvalue weighted by atomic mass is 19.4. The lowest BCUT2D eigenvalue weighted by atomic mass is 9.77. The quantitative estimate of drug-likeness (QED) is 0.487. The minimum atomic E-state index is -4.65. The first-order valence-corrected chi connectivity index (χ1v) is 11.1. The minimum absolute atomic E-state index is 0.0101. The molecule has 0 atom stereocenters. The lowest BCUT2D eigenvalue weighted by molar-refractivity contribution is -0.136. The highest BCUT2D eigenvalue weighted by Gasteiger charge is 2.57. The van der Waals surface area contributed by atoms with Gasteiger partial charge in [0, 0.05) is 24.3 Å². The summed E-state index contributed by atoms with van der Waals surface area (Å²) in [5.41, 5.74) is -0.534. The Morgan fingerprint density at radius 3 is 2.29 bits per heavy atom. The molecular weight excluding hydrogens is 450 g/mol. The predicted octanol–water partition coefficient (Wildman–Crippen LogP) is 3.21. The van der Waals surface area contributed by atoms with Crippen molar-refractivity contribution in [2.24, 2.45) is 7.05 Å². The number of aryl methyl sites for hydroxylation is 2. The summed E-state index contributed by atoms with van der Waals surface area (Å²) in [6.45, 7) is 8.92. The molecule has 8 nitrogen and oxygen atoms in total. The zero-order chi connectivity index (χ0) is 24.8. The second-order valence-corrected chi connectivity index (χ2v) is 10.2. The number of aromatic nitrogens is 3. The summed E-state index contributed by atoms with van der Waals surface area (Å²) < 4.78 is 61.7. The zero-order valence-corrected chi connectivity index (χ0v) is 19.9. The molecule has 0 amide bonds. The van der Waals surface area contributed by atoms with Crippen LogP contribution in [0.25, 0.3) is 11.3 Å². The number of hydrogen-bond acceptors (Lipinski definition) is 7. The van der Waals surface area contributed by atoms with Gasteiger partial charge in [0.2, 0.25) is 0 Å². The minimum Gasteiger partial charge on any atom is -0.480 e. The van der Waals surface area contributed by atoms with Crippen LogP contribution in [-0.2, 0) is 16.4 Å². The maximum atomic E-state index is 13.9. The third-order valence-electron chi connectivity index (χ3n) is 7.27. The summed E-state index contributed by atoms with van der Waals surface area (Å²) in [4.78, 5) is 4.58. The number of alkyl halides is 3.